The SMILES string of the molecule is CCCOC(=O)c1cc(N)c(C(C)(C)CC)c(N)c1. The number of hydrogen-bond acceptors (Lipinski definition) is 4. The highest BCUT2D eigenvalue weighted by Gasteiger charge is 2.25. The molecular weight excluding hydrogens is 240 g/mol. The first-order chi connectivity index (χ1) is 8.83. The Kier molecular flexibility index (Phi) is 4.81. The lowest BCUT2D eigenvalue weighted by Gasteiger charge is -2.27. The first-order valence-electron chi connectivity index (χ1n) is 6.70. The van der Waals surface area contributed by atoms with Crippen LogP contribution in [-0.4, -0.2) is 12.6 Å². The largest absolute Gasteiger partial charge is 0.462 e. The maximum atomic E-state index is 11.8. The molecule has 0 amide bonds. The summed E-state index contributed by atoms with van der Waals surface area (Å²) in [5, 5.41) is 0. The molecule has 0 saturated carbocycles. The summed E-state index contributed by atoms with van der Waals surface area (Å²) >= 11 is 0. The Bertz CT molecular complexity index is 444. The molecule has 1 aromatic rings. The number of ether oxygens (including phenoxy) is 1. The molecule has 0 heterocycles. The fourth-order valence-corrected chi connectivity index (χ4v) is 2.04. The number of carbonyl (C=O) groups excluding carboxylic acids is 1. The molecule has 0 spiro atoms. The van der Waals surface area contributed by atoms with Crippen molar-refractivity contribution in [2.75, 3.05) is 18.1 Å². The summed E-state index contributed by atoms with van der Waals surface area (Å²) < 4.78 is 5.09. The van der Waals surface area contributed by atoms with E-state index in [2.05, 4.69) is 20.8 Å². The first-order valence-corrected chi connectivity index (χ1v) is 6.70. The average Bonchev–Trinajstić information content (AvgIpc) is 2.34. The maximum Gasteiger partial charge on any atom is 0.338 e. The second-order valence-electron chi connectivity index (χ2n) is 5.40. The van der Waals surface area contributed by atoms with E-state index in [1.54, 1.807) is 12.1 Å². The van der Waals surface area contributed by atoms with Gasteiger partial charge >= 0.3 is 5.97 Å². The van der Waals surface area contributed by atoms with E-state index in [0.717, 1.165) is 18.4 Å². The van der Waals surface area contributed by atoms with Gasteiger partial charge in [-0.25, -0.2) is 4.79 Å². The standard InChI is InChI=1S/C15H24N2O2/c1-5-7-19-14(18)10-8-11(16)13(12(17)9-10)15(3,4)6-2/h8-9H,5-7,16-17H2,1-4H3. The highest BCUT2D eigenvalue weighted by atomic mass is 16.5. The van der Waals surface area contributed by atoms with Crippen LogP contribution in [0.5, 0.6) is 0 Å². The topological polar surface area (TPSA) is 78.3 Å². The first kappa shape index (κ1) is 15.3. The molecule has 0 atom stereocenters. The smallest absolute Gasteiger partial charge is 0.338 e. The number of anilines is 2. The van der Waals surface area contributed by atoms with Crippen molar-refractivity contribution in [3.8, 4) is 0 Å². The van der Waals surface area contributed by atoms with Crippen LogP contribution in [0, 0.1) is 0 Å². The van der Waals surface area contributed by atoms with Gasteiger partial charge in [-0.15, -0.1) is 0 Å². The zero-order valence-electron chi connectivity index (χ0n) is 12.2. The van der Waals surface area contributed by atoms with E-state index in [-0.39, 0.29) is 11.4 Å². The molecular formula is C15H24N2O2. The van der Waals surface area contributed by atoms with Crippen LogP contribution in [0.1, 0.15) is 56.5 Å². The minimum atomic E-state index is -0.374. The fourth-order valence-electron chi connectivity index (χ4n) is 2.04. The highest BCUT2D eigenvalue weighted by Crippen LogP contribution is 2.36. The third-order valence-corrected chi connectivity index (χ3v) is 3.43. The Balaban J connectivity index is 3.14. The summed E-state index contributed by atoms with van der Waals surface area (Å²) in [5.74, 6) is -0.374. The van der Waals surface area contributed by atoms with Crippen LogP contribution in [0.25, 0.3) is 0 Å². The van der Waals surface area contributed by atoms with Gasteiger partial charge in [-0.3, -0.25) is 0 Å². The molecule has 0 aliphatic heterocycles. The molecule has 0 aliphatic rings. The molecule has 0 unspecified atom stereocenters. The fraction of sp³-hybridized carbons (Fsp3) is 0.533. The van der Waals surface area contributed by atoms with Crippen LogP contribution >= 0.6 is 0 Å². The zero-order valence-corrected chi connectivity index (χ0v) is 12.2. The zero-order chi connectivity index (χ0) is 14.6. The molecule has 19 heavy (non-hydrogen) atoms. The van der Waals surface area contributed by atoms with E-state index >= 15 is 0 Å². The minimum Gasteiger partial charge on any atom is -0.462 e. The van der Waals surface area contributed by atoms with E-state index in [0.29, 0.717) is 23.5 Å². The van der Waals surface area contributed by atoms with Crippen LogP contribution in [0.4, 0.5) is 11.4 Å². The van der Waals surface area contributed by atoms with Crippen molar-refractivity contribution in [1.82, 2.24) is 0 Å². The Labute approximate surface area is 115 Å². The van der Waals surface area contributed by atoms with Crippen molar-refractivity contribution in [2.24, 2.45) is 0 Å². The van der Waals surface area contributed by atoms with E-state index < -0.39 is 0 Å². The quantitative estimate of drug-likeness (QED) is 0.632. The normalized spacial score (nSPS) is 11.4. The van der Waals surface area contributed by atoms with Gasteiger partial charge in [0.2, 0.25) is 0 Å². The molecule has 4 N–H and O–H groups in total. The summed E-state index contributed by atoms with van der Waals surface area (Å²) in [4.78, 5) is 11.8. The maximum absolute atomic E-state index is 11.8. The second-order valence-corrected chi connectivity index (χ2v) is 5.40. The van der Waals surface area contributed by atoms with Crippen molar-refractivity contribution in [1.29, 1.82) is 0 Å². The molecule has 0 bridgehead atoms. The lowest BCUT2D eigenvalue weighted by molar-refractivity contribution is 0.0505. The van der Waals surface area contributed by atoms with Gasteiger partial charge in [0.15, 0.2) is 0 Å². The summed E-state index contributed by atoms with van der Waals surface area (Å²) in [5.41, 5.74) is 14.4. The van der Waals surface area contributed by atoms with E-state index in [9.17, 15) is 4.79 Å². The van der Waals surface area contributed by atoms with E-state index in [4.69, 9.17) is 16.2 Å². The number of nitrogen functional groups attached to an aromatic ring is 2. The van der Waals surface area contributed by atoms with Gasteiger partial charge in [0.1, 0.15) is 0 Å². The van der Waals surface area contributed by atoms with Crippen molar-refractivity contribution in [2.45, 2.75) is 46.0 Å². The molecule has 0 aliphatic carbocycles. The van der Waals surface area contributed by atoms with Crippen LogP contribution in [-0.2, 0) is 10.2 Å². The Hall–Kier alpha value is -1.71. The van der Waals surface area contributed by atoms with Gasteiger partial charge < -0.3 is 16.2 Å². The molecule has 106 valence electrons. The Morgan fingerprint density at radius 2 is 1.74 bits per heavy atom. The van der Waals surface area contributed by atoms with Gasteiger partial charge in [0.05, 0.1) is 12.2 Å². The number of rotatable bonds is 5. The number of carbonyl (C=O) groups is 1. The van der Waals surface area contributed by atoms with E-state index in [1.165, 1.54) is 0 Å². The van der Waals surface area contributed by atoms with E-state index in [1.807, 2.05) is 6.92 Å². The summed E-state index contributed by atoms with van der Waals surface area (Å²) in [6.07, 6.45) is 1.71. The molecule has 0 fully saturated rings. The Morgan fingerprint density at radius 1 is 1.21 bits per heavy atom. The molecule has 0 saturated heterocycles. The van der Waals surface area contributed by atoms with Crippen LogP contribution < -0.4 is 11.5 Å². The number of hydrogen-bond donors (Lipinski definition) is 2. The molecule has 4 heteroatoms. The molecule has 0 radical (unpaired) electrons. The number of esters is 1. The highest BCUT2D eigenvalue weighted by molar-refractivity contribution is 5.92. The molecule has 1 rings (SSSR count). The monoisotopic (exact) mass is 264 g/mol. The van der Waals surface area contributed by atoms with Crippen molar-refractivity contribution < 1.29 is 9.53 Å². The second kappa shape index (κ2) is 5.95. The van der Waals surface area contributed by atoms with Gasteiger partial charge in [-0.2, -0.15) is 0 Å². The number of nitrogens with two attached hydrogens (primary N) is 2. The van der Waals surface area contributed by atoms with Gasteiger partial charge in [0.25, 0.3) is 0 Å². The van der Waals surface area contributed by atoms with Gasteiger partial charge in [-0.05, 0) is 30.4 Å². The Morgan fingerprint density at radius 3 is 2.16 bits per heavy atom. The average molecular weight is 264 g/mol. The van der Waals surface area contributed by atoms with Crippen LogP contribution in [0.3, 0.4) is 0 Å². The van der Waals surface area contributed by atoms with Crippen LogP contribution in [0.2, 0.25) is 0 Å². The lowest BCUT2D eigenvalue weighted by atomic mass is 9.80. The summed E-state index contributed by atoms with van der Waals surface area (Å²) in [6, 6.07) is 3.31. The predicted molar refractivity (Wildman–Crippen MR) is 79.2 cm³/mol. The van der Waals surface area contributed by atoms with Gasteiger partial charge in [-0.1, -0.05) is 27.7 Å². The molecule has 4 nitrogen and oxygen atoms in total. The van der Waals surface area contributed by atoms with Gasteiger partial charge in [0, 0.05) is 16.9 Å². The van der Waals surface area contributed by atoms with Crippen LogP contribution in [0.15, 0.2) is 12.1 Å². The van der Waals surface area contributed by atoms with Crippen molar-refractivity contribution >= 4 is 17.3 Å². The number of benzene rings is 1. The molecule has 0 aromatic heterocycles. The predicted octanol–water partition coefficient (Wildman–Crippen LogP) is 3.11. The van der Waals surface area contributed by atoms with Crippen molar-refractivity contribution in [3.05, 3.63) is 23.3 Å². The summed E-state index contributed by atoms with van der Waals surface area (Å²) in [6.45, 7) is 8.61. The molecule has 1 aromatic carbocycles. The third kappa shape index (κ3) is 3.40. The minimum absolute atomic E-state index is 0.111. The van der Waals surface area contributed by atoms with Crippen molar-refractivity contribution in [3.63, 3.8) is 0 Å². The third-order valence-electron chi connectivity index (χ3n) is 3.43. The lowest BCUT2D eigenvalue weighted by Crippen LogP contribution is -2.21. The summed E-state index contributed by atoms with van der Waals surface area (Å²) in [7, 11) is 0.